The van der Waals surface area contributed by atoms with E-state index in [-0.39, 0.29) is 6.04 Å². The first-order valence-electron chi connectivity index (χ1n) is 4.65. The lowest BCUT2D eigenvalue weighted by atomic mass is 10.2. The number of thiazole rings is 1. The van der Waals surface area contributed by atoms with E-state index < -0.39 is 0 Å². The van der Waals surface area contributed by atoms with Gasteiger partial charge in [0.05, 0.1) is 21.6 Å². The lowest BCUT2D eigenvalue weighted by molar-refractivity contribution is 0.634. The molecule has 0 saturated heterocycles. The lowest BCUT2D eigenvalue weighted by Gasteiger charge is -2.10. The van der Waals surface area contributed by atoms with Crippen molar-refractivity contribution in [1.29, 1.82) is 0 Å². The number of hydrogen-bond acceptors (Lipinski definition) is 4. The molecule has 2 rings (SSSR count). The summed E-state index contributed by atoms with van der Waals surface area (Å²) >= 11 is 6.85. The Morgan fingerprint density at radius 2 is 2.27 bits per heavy atom. The predicted molar refractivity (Wildman–Crippen MR) is 62.8 cm³/mol. The number of aromatic amines is 1. The molecule has 0 saturated carbocycles. The van der Waals surface area contributed by atoms with Crippen LogP contribution >= 0.6 is 23.6 Å². The average molecular weight is 240 g/mol. The van der Waals surface area contributed by atoms with E-state index in [9.17, 15) is 0 Å². The van der Waals surface area contributed by atoms with Crippen molar-refractivity contribution in [3.63, 3.8) is 0 Å². The van der Waals surface area contributed by atoms with Gasteiger partial charge in [-0.05, 0) is 33.0 Å². The van der Waals surface area contributed by atoms with Gasteiger partial charge in [0.1, 0.15) is 6.33 Å². The van der Waals surface area contributed by atoms with Gasteiger partial charge in [0.2, 0.25) is 0 Å². The zero-order valence-electron chi connectivity index (χ0n) is 8.81. The lowest BCUT2D eigenvalue weighted by Crippen LogP contribution is -2.05. The van der Waals surface area contributed by atoms with Crippen LogP contribution in [0.2, 0.25) is 0 Å². The molecule has 0 spiro atoms. The van der Waals surface area contributed by atoms with Gasteiger partial charge in [-0.1, -0.05) is 0 Å². The van der Waals surface area contributed by atoms with Crippen molar-refractivity contribution in [3.8, 4) is 0 Å². The predicted octanol–water partition coefficient (Wildman–Crippen LogP) is 2.62. The van der Waals surface area contributed by atoms with Gasteiger partial charge in [-0.2, -0.15) is 5.10 Å². The Balaban J connectivity index is 2.45. The molecule has 2 aromatic heterocycles. The standard InChI is InChI=1S/C9H12N4S2/c1-5-8(15-7(3)11-5)6(2)13-4-10-12-9(13)14/h4,6H,1-3H3,(H,12,14). The van der Waals surface area contributed by atoms with Gasteiger partial charge in [-0.15, -0.1) is 11.3 Å². The molecule has 0 amide bonds. The highest BCUT2D eigenvalue weighted by molar-refractivity contribution is 7.71. The number of hydrogen-bond donors (Lipinski definition) is 1. The Bertz CT molecular complexity index is 522. The highest BCUT2D eigenvalue weighted by atomic mass is 32.1. The Kier molecular flexibility index (Phi) is 2.70. The molecular weight excluding hydrogens is 228 g/mol. The quantitative estimate of drug-likeness (QED) is 0.821. The Morgan fingerprint density at radius 1 is 1.53 bits per heavy atom. The third-order valence-electron chi connectivity index (χ3n) is 2.31. The van der Waals surface area contributed by atoms with Gasteiger partial charge >= 0.3 is 0 Å². The van der Waals surface area contributed by atoms with Crippen molar-refractivity contribution in [2.24, 2.45) is 0 Å². The third kappa shape index (κ3) is 1.87. The molecule has 0 aromatic carbocycles. The van der Waals surface area contributed by atoms with Crippen LogP contribution in [-0.2, 0) is 0 Å². The van der Waals surface area contributed by atoms with Gasteiger partial charge in [0, 0.05) is 0 Å². The summed E-state index contributed by atoms with van der Waals surface area (Å²) in [5, 5.41) is 7.77. The zero-order chi connectivity index (χ0) is 11.0. The Labute approximate surface area is 97.0 Å². The molecule has 1 unspecified atom stereocenters. The second-order valence-corrected chi connectivity index (χ2v) is 5.05. The van der Waals surface area contributed by atoms with Gasteiger partial charge in [-0.25, -0.2) is 4.98 Å². The van der Waals surface area contributed by atoms with Crippen LogP contribution in [0.3, 0.4) is 0 Å². The van der Waals surface area contributed by atoms with Crippen molar-refractivity contribution < 1.29 is 0 Å². The van der Waals surface area contributed by atoms with Crippen molar-refractivity contribution >= 4 is 23.6 Å². The number of nitrogens with zero attached hydrogens (tertiary/aromatic N) is 3. The fourth-order valence-electron chi connectivity index (χ4n) is 1.59. The molecule has 0 aliphatic heterocycles. The maximum atomic E-state index is 5.14. The molecule has 80 valence electrons. The summed E-state index contributed by atoms with van der Waals surface area (Å²) in [6.45, 7) is 6.15. The molecule has 0 radical (unpaired) electrons. The van der Waals surface area contributed by atoms with Crippen LogP contribution in [0.15, 0.2) is 6.33 Å². The molecule has 2 aromatic rings. The number of aromatic nitrogens is 4. The number of rotatable bonds is 2. The molecule has 2 heterocycles. The van der Waals surface area contributed by atoms with E-state index in [1.807, 2.05) is 18.4 Å². The van der Waals surface area contributed by atoms with Crippen LogP contribution in [0.5, 0.6) is 0 Å². The van der Waals surface area contributed by atoms with E-state index in [0.717, 1.165) is 10.7 Å². The fraction of sp³-hybridized carbons (Fsp3) is 0.444. The molecule has 0 aliphatic carbocycles. The van der Waals surface area contributed by atoms with Crippen molar-refractivity contribution in [3.05, 3.63) is 26.7 Å². The Morgan fingerprint density at radius 3 is 2.73 bits per heavy atom. The minimum Gasteiger partial charge on any atom is -0.299 e. The highest BCUT2D eigenvalue weighted by Gasteiger charge is 2.15. The molecule has 4 nitrogen and oxygen atoms in total. The normalized spacial score (nSPS) is 13.0. The van der Waals surface area contributed by atoms with Crippen molar-refractivity contribution in [2.75, 3.05) is 0 Å². The molecule has 1 N–H and O–H groups in total. The second kappa shape index (κ2) is 3.86. The third-order valence-corrected chi connectivity index (χ3v) is 3.86. The number of nitrogens with one attached hydrogen (secondary N) is 1. The van der Waals surface area contributed by atoms with Crippen LogP contribution in [-0.4, -0.2) is 19.7 Å². The summed E-state index contributed by atoms with van der Waals surface area (Å²) in [6, 6.07) is 0.197. The minimum atomic E-state index is 0.197. The first-order chi connectivity index (χ1) is 7.09. The summed E-state index contributed by atoms with van der Waals surface area (Å²) in [5.74, 6) is 0. The van der Waals surface area contributed by atoms with Crippen LogP contribution in [0.25, 0.3) is 0 Å². The maximum absolute atomic E-state index is 5.14. The highest BCUT2D eigenvalue weighted by Crippen LogP contribution is 2.27. The largest absolute Gasteiger partial charge is 0.299 e. The van der Waals surface area contributed by atoms with Crippen LogP contribution < -0.4 is 0 Å². The molecule has 1 atom stereocenters. The summed E-state index contributed by atoms with van der Waals surface area (Å²) in [5.41, 5.74) is 1.08. The van der Waals surface area contributed by atoms with Gasteiger partial charge in [0.15, 0.2) is 4.77 Å². The van der Waals surface area contributed by atoms with Crippen LogP contribution in [0.4, 0.5) is 0 Å². The van der Waals surface area contributed by atoms with E-state index in [1.54, 1.807) is 17.7 Å². The molecule has 0 bridgehead atoms. The van der Waals surface area contributed by atoms with Gasteiger partial charge in [0.25, 0.3) is 0 Å². The number of aryl methyl sites for hydroxylation is 2. The smallest absolute Gasteiger partial charge is 0.195 e. The van der Waals surface area contributed by atoms with Crippen LogP contribution in [0.1, 0.15) is 28.5 Å². The van der Waals surface area contributed by atoms with Gasteiger partial charge < -0.3 is 0 Å². The zero-order valence-corrected chi connectivity index (χ0v) is 10.4. The topological polar surface area (TPSA) is 46.5 Å². The molecule has 0 aliphatic rings. The van der Waals surface area contributed by atoms with Crippen molar-refractivity contribution in [2.45, 2.75) is 26.8 Å². The molecule has 15 heavy (non-hydrogen) atoms. The number of H-pyrrole nitrogens is 1. The average Bonchev–Trinajstić information content (AvgIpc) is 2.71. The SMILES string of the molecule is Cc1nc(C)c(C(C)n2cn[nH]c2=S)s1. The first-order valence-corrected chi connectivity index (χ1v) is 5.87. The first kappa shape index (κ1) is 10.5. The summed E-state index contributed by atoms with van der Waals surface area (Å²) in [4.78, 5) is 5.65. The van der Waals surface area contributed by atoms with Gasteiger partial charge in [-0.3, -0.25) is 9.67 Å². The van der Waals surface area contributed by atoms with E-state index in [4.69, 9.17) is 12.2 Å². The molecule has 6 heteroatoms. The summed E-state index contributed by atoms with van der Waals surface area (Å²) in [6.07, 6.45) is 1.72. The maximum Gasteiger partial charge on any atom is 0.195 e. The minimum absolute atomic E-state index is 0.197. The fourth-order valence-corrected chi connectivity index (χ4v) is 2.83. The monoisotopic (exact) mass is 240 g/mol. The van der Waals surface area contributed by atoms with E-state index in [1.165, 1.54) is 4.88 Å². The second-order valence-electron chi connectivity index (χ2n) is 3.43. The summed E-state index contributed by atoms with van der Waals surface area (Å²) < 4.78 is 2.59. The van der Waals surface area contributed by atoms with E-state index >= 15 is 0 Å². The molecule has 0 fully saturated rings. The van der Waals surface area contributed by atoms with Crippen LogP contribution in [0, 0.1) is 18.6 Å². The Hall–Kier alpha value is -1.01. The molecular formula is C9H12N4S2. The van der Waals surface area contributed by atoms with E-state index in [0.29, 0.717) is 4.77 Å². The summed E-state index contributed by atoms with van der Waals surface area (Å²) in [7, 11) is 0. The van der Waals surface area contributed by atoms with Crippen molar-refractivity contribution in [1.82, 2.24) is 19.7 Å². The van der Waals surface area contributed by atoms with E-state index in [2.05, 4.69) is 22.1 Å².